The van der Waals surface area contributed by atoms with Crippen molar-refractivity contribution in [1.82, 2.24) is 4.90 Å². The number of rotatable bonds is 7. The lowest BCUT2D eigenvalue weighted by molar-refractivity contribution is -0.116. The van der Waals surface area contributed by atoms with E-state index >= 15 is 0 Å². The molecule has 0 aromatic heterocycles. The average molecular weight is 356 g/mol. The molecule has 2 amide bonds. The number of hydrogen-bond donors (Lipinski definition) is 1. The van der Waals surface area contributed by atoms with Crippen LogP contribution in [0.1, 0.15) is 24.2 Å². The molecule has 0 aliphatic carbocycles. The van der Waals surface area contributed by atoms with Crippen molar-refractivity contribution in [3.05, 3.63) is 54.1 Å². The van der Waals surface area contributed by atoms with Crippen molar-refractivity contribution in [1.29, 1.82) is 0 Å². The smallest absolute Gasteiger partial charge is 0.254 e. The van der Waals surface area contributed by atoms with Gasteiger partial charge in [-0.1, -0.05) is 6.07 Å². The molecule has 2 rings (SSSR count). The molecule has 0 fully saturated rings. The minimum absolute atomic E-state index is 0.0553. The number of carbonyl (C=O) groups is 2. The van der Waals surface area contributed by atoms with E-state index < -0.39 is 0 Å². The monoisotopic (exact) mass is 356 g/mol. The van der Waals surface area contributed by atoms with E-state index in [0.717, 1.165) is 0 Å². The van der Waals surface area contributed by atoms with Gasteiger partial charge in [-0.3, -0.25) is 9.59 Å². The minimum Gasteiger partial charge on any atom is -0.497 e. The molecule has 0 spiro atoms. The molecule has 0 radical (unpaired) electrons. The Morgan fingerprint density at radius 1 is 1.08 bits per heavy atom. The summed E-state index contributed by atoms with van der Waals surface area (Å²) in [5, 5.41) is 2.75. The number of nitrogens with one attached hydrogen (secondary N) is 1. The third-order valence-corrected chi connectivity index (χ3v) is 3.55. The Morgan fingerprint density at radius 2 is 1.77 bits per heavy atom. The maximum Gasteiger partial charge on any atom is 0.254 e. The molecule has 0 aliphatic heterocycles. The van der Waals surface area contributed by atoms with Gasteiger partial charge in [-0.15, -0.1) is 0 Å². The van der Waals surface area contributed by atoms with E-state index in [4.69, 9.17) is 9.47 Å². The molecule has 0 aliphatic rings. The fraction of sp³-hybridized carbons (Fsp3) is 0.300. The number of methoxy groups -OCH3 is 1. The highest BCUT2D eigenvalue weighted by Crippen LogP contribution is 2.17. The third-order valence-electron chi connectivity index (χ3n) is 3.55. The van der Waals surface area contributed by atoms with Gasteiger partial charge in [0.1, 0.15) is 11.5 Å². The molecule has 2 aromatic rings. The average Bonchev–Trinajstić information content (AvgIpc) is 2.61. The Labute approximate surface area is 153 Å². The van der Waals surface area contributed by atoms with E-state index in [2.05, 4.69) is 5.32 Å². The standard InChI is InChI=1S/C20H24N2O4/c1-14(2)26-17-10-8-15(9-11-17)20(24)22(3)13-19(23)21-16-6-5-7-18(12-16)25-4/h5-12,14H,13H2,1-4H3,(H,21,23). The van der Waals surface area contributed by atoms with Crippen LogP contribution in [0.2, 0.25) is 0 Å². The van der Waals surface area contributed by atoms with Crippen LogP contribution in [0.25, 0.3) is 0 Å². The highest BCUT2D eigenvalue weighted by Gasteiger charge is 2.15. The van der Waals surface area contributed by atoms with Crippen LogP contribution in [0.3, 0.4) is 0 Å². The molecule has 0 heterocycles. The van der Waals surface area contributed by atoms with Crippen LogP contribution in [0.15, 0.2) is 48.5 Å². The third kappa shape index (κ3) is 5.51. The molecule has 0 unspecified atom stereocenters. The number of hydrogen-bond acceptors (Lipinski definition) is 4. The maximum atomic E-state index is 12.5. The van der Waals surface area contributed by atoms with Crippen molar-refractivity contribution >= 4 is 17.5 Å². The van der Waals surface area contributed by atoms with Crippen molar-refractivity contribution in [2.24, 2.45) is 0 Å². The van der Waals surface area contributed by atoms with Crippen LogP contribution < -0.4 is 14.8 Å². The summed E-state index contributed by atoms with van der Waals surface area (Å²) in [6.45, 7) is 3.82. The first-order valence-corrected chi connectivity index (χ1v) is 8.35. The normalized spacial score (nSPS) is 10.3. The van der Waals surface area contributed by atoms with Gasteiger partial charge in [0.15, 0.2) is 0 Å². The van der Waals surface area contributed by atoms with Crippen LogP contribution >= 0.6 is 0 Å². The Morgan fingerprint density at radius 3 is 2.38 bits per heavy atom. The summed E-state index contributed by atoms with van der Waals surface area (Å²) >= 11 is 0. The number of likely N-dealkylation sites (N-methyl/N-ethyl adjacent to an activating group) is 1. The van der Waals surface area contributed by atoms with Crippen LogP contribution in [0.5, 0.6) is 11.5 Å². The van der Waals surface area contributed by atoms with E-state index in [1.54, 1.807) is 62.7 Å². The highest BCUT2D eigenvalue weighted by molar-refractivity contribution is 5.99. The lowest BCUT2D eigenvalue weighted by Crippen LogP contribution is -2.34. The predicted molar refractivity (Wildman–Crippen MR) is 101 cm³/mol. The Hall–Kier alpha value is -3.02. The molecular weight excluding hydrogens is 332 g/mol. The van der Waals surface area contributed by atoms with Crippen LogP contribution in [0, 0.1) is 0 Å². The van der Waals surface area contributed by atoms with E-state index in [1.807, 2.05) is 13.8 Å². The largest absolute Gasteiger partial charge is 0.497 e. The van der Waals surface area contributed by atoms with Crippen molar-refractivity contribution in [3.63, 3.8) is 0 Å². The van der Waals surface area contributed by atoms with Gasteiger partial charge in [-0.05, 0) is 50.2 Å². The zero-order valence-corrected chi connectivity index (χ0v) is 15.5. The lowest BCUT2D eigenvalue weighted by Gasteiger charge is -2.17. The van der Waals surface area contributed by atoms with Gasteiger partial charge in [0, 0.05) is 24.4 Å². The Balaban J connectivity index is 1.94. The zero-order valence-electron chi connectivity index (χ0n) is 15.5. The number of anilines is 1. The summed E-state index contributed by atoms with van der Waals surface area (Å²) in [7, 11) is 3.15. The van der Waals surface area contributed by atoms with Crippen molar-refractivity contribution in [2.75, 3.05) is 26.0 Å². The van der Waals surface area contributed by atoms with Crippen molar-refractivity contribution in [3.8, 4) is 11.5 Å². The molecule has 0 saturated heterocycles. The van der Waals surface area contributed by atoms with Gasteiger partial charge in [0.25, 0.3) is 5.91 Å². The molecule has 0 saturated carbocycles. The topological polar surface area (TPSA) is 67.9 Å². The summed E-state index contributed by atoms with van der Waals surface area (Å²) in [4.78, 5) is 26.0. The van der Waals surface area contributed by atoms with Crippen molar-refractivity contribution in [2.45, 2.75) is 20.0 Å². The zero-order chi connectivity index (χ0) is 19.1. The molecular formula is C20H24N2O4. The van der Waals surface area contributed by atoms with Gasteiger partial charge in [0.05, 0.1) is 19.8 Å². The first-order chi connectivity index (χ1) is 12.4. The van der Waals surface area contributed by atoms with Gasteiger partial charge in [0.2, 0.25) is 5.91 Å². The van der Waals surface area contributed by atoms with E-state index in [0.29, 0.717) is 22.7 Å². The first kappa shape index (κ1) is 19.3. The molecule has 2 aromatic carbocycles. The number of nitrogens with zero attached hydrogens (tertiary/aromatic N) is 1. The summed E-state index contributed by atoms with van der Waals surface area (Å²) in [5.41, 5.74) is 1.11. The highest BCUT2D eigenvalue weighted by atomic mass is 16.5. The second-order valence-electron chi connectivity index (χ2n) is 6.13. The molecule has 0 bridgehead atoms. The molecule has 138 valence electrons. The number of ether oxygens (including phenoxy) is 2. The predicted octanol–water partition coefficient (Wildman–Crippen LogP) is 3.19. The minimum atomic E-state index is -0.283. The molecule has 6 heteroatoms. The van der Waals surface area contributed by atoms with E-state index in [9.17, 15) is 9.59 Å². The first-order valence-electron chi connectivity index (χ1n) is 8.35. The summed E-state index contributed by atoms with van der Waals surface area (Å²) < 4.78 is 10.7. The summed E-state index contributed by atoms with van der Waals surface area (Å²) in [5.74, 6) is 0.835. The quantitative estimate of drug-likeness (QED) is 0.827. The van der Waals surface area contributed by atoms with Crippen LogP contribution in [-0.4, -0.2) is 43.5 Å². The fourth-order valence-electron chi connectivity index (χ4n) is 2.36. The van der Waals surface area contributed by atoms with Crippen LogP contribution in [0.4, 0.5) is 5.69 Å². The van der Waals surface area contributed by atoms with E-state index in [1.165, 1.54) is 4.90 Å². The number of amides is 2. The molecule has 1 N–H and O–H groups in total. The number of carbonyl (C=O) groups excluding carboxylic acids is 2. The summed E-state index contributed by atoms with van der Waals surface area (Å²) in [6, 6.07) is 13.9. The van der Waals surface area contributed by atoms with Gasteiger partial charge < -0.3 is 19.7 Å². The summed E-state index contributed by atoms with van der Waals surface area (Å²) in [6.07, 6.45) is 0.0690. The molecule has 0 atom stereocenters. The van der Waals surface area contributed by atoms with Crippen LogP contribution in [-0.2, 0) is 4.79 Å². The molecule has 26 heavy (non-hydrogen) atoms. The van der Waals surface area contributed by atoms with Gasteiger partial charge in [-0.25, -0.2) is 0 Å². The Kier molecular flexibility index (Phi) is 6.60. The Bertz CT molecular complexity index is 757. The second kappa shape index (κ2) is 8.89. The lowest BCUT2D eigenvalue weighted by atomic mass is 10.2. The fourth-order valence-corrected chi connectivity index (χ4v) is 2.36. The maximum absolute atomic E-state index is 12.5. The SMILES string of the molecule is COc1cccc(NC(=O)CN(C)C(=O)c2ccc(OC(C)C)cc2)c1. The van der Waals surface area contributed by atoms with Gasteiger partial charge in [-0.2, -0.15) is 0 Å². The molecule has 6 nitrogen and oxygen atoms in total. The van der Waals surface area contributed by atoms with Crippen molar-refractivity contribution < 1.29 is 19.1 Å². The van der Waals surface area contributed by atoms with E-state index in [-0.39, 0.29) is 24.5 Å². The number of benzene rings is 2. The second-order valence-corrected chi connectivity index (χ2v) is 6.13. The van der Waals surface area contributed by atoms with Gasteiger partial charge >= 0.3 is 0 Å².